The molecule has 0 aromatic rings. The van der Waals surface area contributed by atoms with Crippen molar-refractivity contribution in [3.05, 3.63) is 10.9 Å². The first-order valence-electron chi connectivity index (χ1n) is 9.65. The molecule has 1 N–H and O–H groups in total. The van der Waals surface area contributed by atoms with E-state index >= 15 is 0 Å². The van der Waals surface area contributed by atoms with E-state index in [1.54, 1.807) is 0 Å². The van der Waals surface area contributed by atoms with Crippen LogP contribution in [0.2, 0.25) is 0 Å². The Kier molecular flexibility index (Phi) is 5.38. The van der Waals surface area contributed by atoms with Gasteiger partial charge in [-0.2, -0.15) is 0 Å². The molecular weight excluding hydrogens is 314 g/mol. The molecule has 0 aromatic carbocycles. The summed E-state index contributed by atoms with van der Waals surface area (Å²) >= 11 is 0. The zero-order valence-electron chi connectivity index (χ0n) is 17.8. The van der Waals surface area contributed by atoms with E-state index in [0.29, 0.717) is 0 Å². The van der Waals surface area contributed by atoms with Crippen LogP contribution in [0.3, 0.4) is 0 Å². The molecule has 0 amide bonds. The minimum Gasteiger partial charge on any atom is -0.423 e. The molecule has 2 aliphatic rings. The van der Waals surface area contributed by atoms with Crippen LogP contribution < -0.4 is 0 Å². The molecule has 2 aliphatic heterocycles. The molecule has 4 nitrogen and oxygen atoms in total. The van der Waals surface area contributed by atoms with Crippen molar-refractivity contribution < 1.29 is 19.1 Å². The van der Waals surface area contributed by atoms with Crippen molar-refractivity contribution >= 4 is 14.0 Å². The summed E-state index contributed by atoms with van der Waals surface area (Å²) in [5, 5.41) is 11.0. The Labute approximate surface area is 154 Å². The zero-order valence-corrected chi connectivity index (χ0v) is 17.8. The summed E-state index contributed by atoms with van der Waals surface area (Å²) in [5.74, 6) is 0. The van der Waals surface area contributed by atoms with Crippen molar-refractivity contribution in [1.29, 1.82) is 0 Å². The molecule has 2 heterocycles. The molecule has 1 unspecified atom stereocenters. The fourth-order valence-electron chi connectivity index (χ4n) is 3.67. The summed E-state index contributed by atoms with van der Waals surface area (Å²) in [4.78, 5) is 0. The summed E-state index contributed by atoms with van der Waals surface area (Å²) in [6.07, 6.45) is 1.62. The van der Waals surface area contributed by atoms with E-state index < -0.39 is 11.6 Å². The number of hydrogen-bond donors (Lipinski definition) is 1. The van der Waals surface area contributed by atoms with E-state index in [4.69, 9.17) is 14.0 Å². The van der Waals surface area contributed by atoms with Gasteiger partial charge in [-0.15, -0.1) is 0 Å². The number of aliphatic hydroxyl groups is 1. The van der Waals surface area contributed by atoms with Gasteiger partial charge in [-0.05, 0) is 59.9 Å². The van der Waals surface area contributed by atoms with Gasteiger partial charge in [0.1, 0.15) is 0 Å². The van der Waals surface area contributed by atoms with Crippen LogP contribution in [0, 0.1) is 5.41 Å². The minimum atomic E-state index is -0.554. The summed E-state index contributed by atoms with van der Waals surface area (Å²) < 4.78 is 18.9. The van der Waals surface area contributed by atoms with Crippen molar-refractivity contribution in [3.63, 3.8) is 0 Å². The maximum Gasteiger partial charge on any atom is 0.489 e. The van der Waals surface area contributed by atoms with Crippen LogP contribution in [-0.2, 0) is 14.0 Å². The zero-order chi connectivity index (χ0) is 19.4. The van der Waals surface area contributed by atoms with Gasteiger partial charge in [-0.1, -0.05) is 33.2 Å². The molecular formula is C19H36B2O4. The molecule has 6 heteroatoms. The van der Waals surface area contributed by atoms with E-state index in [1.165, 1.54) is 0 Å². The third-order valence-corrected chi connectivity index (χ3v) is 7.05. The fourth-order valence-corrected chi connectivity index (χ4v) is 3.67. The predicted octanol–water partition coefficient (Wildman–Crippen LogP) is 4.00. The lowest BCUT2D eigenvalue weighted by atomic mass is 9.47. The van der Waals surface area contributed by atoms with Crippen molar-refractivity contribution in [2.24, 2.45) is 5.41 Å². The van der Waals surface area contributed by atoms with Gasteiger partial charge in [0, 0.05) is 5.41 Å². The van der Waals surface area contributed by atoms with Crippen LogP contribution in [0.15, 0.2) is 10.9 Å². The first kappa shape index (κ1) is 21.0. The molecule has 0 bridgehead atoms. The maximum absolute atomic E-state index is 11.0. The van der Waals surface area contributed by atoms with E-state index in [0.717, 1.165) is 23.8 Å². The van der Waals surface area contributed by atoms with Crippen LogP contribution in [-0.4, -0.2) is 41.9 Å². The second-order valence-corrected chi connectivity index (χ2v) is 9.56. The Hall–Kier alpha value is -0.290. The number of hydrogen-bond acceptors (Lipinski definition) is 4. The van der Waals surface area contributed by atoms with E-state index in [9.17, 15) is 5.11 Å². The normalized spacial score (nSPS) is 30.6. The smallest absolute Gasteiger partial charge is 0.423 e. The predicted molar refractivity (Wildman–Crippen MR) is 104 cm³/mol. The Bertz CT molecular complexity index is 536. The summed E-state index contributed by atoms with van der Waals surface area (Å²) in [6, 6.07) is -0.554. The van der Waals surface area contributed by atoms with Crippen LogP contribution in [0.5, 0.6) is 0 Å². The highest BCUT2D eigenvalue weighted by molar-refractivity contribution is 6.67. The molecule has 0 radical (unpaired) electrons. The summed E-state index contributed by atoms with van der Waals surface area (Å²) in [5.41, 5.74) is 0.764. The SMILES string of the molecule is CC/C(B1OC(C)(C)C(C)(C)O1)=C(\CC)B1OC(C)(C)C(C)(C)C1O. The van der Waals surface area contributed by atoms with E-state index in [-0.39, 0.29) is 30.7 Å². The monoisotopic (exact) mass is 350 g/mol. The van der Waals surface area contributed by atoms with E-state index in [2.05, 4.69) is 69.2 Å². The van der Waals surface area contributed by atoms with Gasteiger partial charge in [0.2, 0.25) is 0 Å². The van der Waals surface area contributed by atoms with Crippen LogP contribution in [0.25, 0.3) is 0 Å². The standard InChI is InChI=1S/C19H36B2O4/c1-11-13(20-15(22)16(3,4)17(5,6)23-20)14(12-2)21-24-18(7,8)19(9,10)25-21/h15,22H,11-12H2,1-10H3/b14-13-. The van der Waals surface area contributed by atoms with Gasteiger partial charge < -0.3 is 19.1 Å². The molecule has 25 heavy (non-hydrogen) atoms. The van der Waals surface area contributed by atoms with Crippen LogP contribution >= 0.6 is 0 Å². The molecule has 0 aliphatic carbocycles. The first-order valence-corrected chi connectivity index (χ1v) is 9.65. The van der Waals surface area contributed by atoms with Gasteiger partial charge >= 0.3 is 14.0 Å². The Morgan fingerprint density at radius 2 is 1.20 bits per heavy atom. The van der Waals surface area contributed by atoms with Gasteiger partial charge in [-0.3, -0.25) is 0 Å². The number of rotatable bonds is 4. The molecule has 2 fully saturated rings. The van der Waals surface area contributed by atoms with Crippen molar-refractivity contribution in [3.8, 4) is 0 Å². The minimum absolute atomic E-state index is 0.316. The van der Waals surface area contributed by atoms with Gasteiger partial charge in [0.15, 0.2) is 0 Å². The van der Waals surface area contributed by atoms with E-state index in [1.807, 2.05) is 0 Å². The third kappa shape index (κ3) is 3.24. The first-order chi connectivity index (χ1) is 11.2. The average Bonchev–Trinajstić information content (AvgIpc) is 2.77. The van der Waals surface area contributed by atoms with Crippen molar-refractivity contribution in [2.75, 3.05) is 0 Å². The van der Waals surface area contributed by atoms with Crippen molar-refractivity contribution in [1.82, 2.24) is 0 Å². The maximum atomic E-state index is 11.0. The highest BCUT2D eigenvalue weighted by Gasteiger charge is 2.59. The molecule has 0 saturated carbocycles. The Balaban J connectivity index is 2.43. The molecule has 0 aromatic heterocycles. The lowest BCUT2D eigenvalue weighted by Crippen LogP contribution is -2.42. The van der Waals surface area contributed by atoms with Crippen LogP contribution in [0.1, 0.15) is 82.1 Å². The number of allylic oxidation sites excluding steroid dienone is 2. The topological polar surface area (TPSA) is 47.9 Å². The summed E-state index contributed by atoms with van der Waals surface area (Å²) in [6.45, 7) is 20.5. The lowest BCUT2D eigenvalue weighted by Gasteiger charge is -2.35. The highest BCUT2D eigenvalue weighted by atomic mass is 16.7. The molecule has 0 spiro atoms. The average molecular weight is 350 g/mol. The number of aliphatic hydroxyl groups excluding tert-OH is 1. The molecule has 142 valence electrons. The van der Waals surface area contributed by atoms with Gasteiger partial charge in [0.25, 0.3) is 0 Å². The van der Waals surface area contributed by atoms with Crippen LogP contribution in [0.4, 0.5) is 0 Å². The van der Waals surface area contributed by atoms with Gasteiger partial charge in [-0.25, -0.2) is 0 Å². The highest BCUT2D eigenvalue weighted by Crippen LogP contribution is 2.48. The Morgan fingerprint density at radius 1 is 0.760 bits per heavy atom. The second kappa shape index (κ2) is 6.40. The summed E-state index contributed by atoms with van der Waals surface area (Å²) in [7, 11) is -0.382. The molecule has 2 saturated heterocycles. The largest absolute Gasteiger partial charge is 0.489 e. The van der Waals surface area contributed by atoms with Crippen molar-refractivity contribution in [2.45, 2.75) is 105 Å². The Morgan fingerprint density at radius 3 is 1.52 bits per heavy atom. The fraction of sp³-hybridized carbons (Fsp3) is 0.895. The molecule has 1 atom stereocenters. The second-order valence-electron chi connectivity index (χ2n) is 9.56. The van der Waals surface area contributed by atoms with Gasteiger partial charge in [0.05, 0.1) is 22.8 Å². The lowest BCUT2D eigenvalue weighted by molar-refractivity contribution is -0.00633. The quantitative estimate of drug-likeness (QED) is 0.779. The third-order valence-electron chi connectivity index (χ3n) is 7.05. The molecule has 2 rings (SSSR count).